The molecule has 2 aromatic heterocycles. The van der Waals surface area contributed by atoms with E-state index in [0.29, 0.717) is 17.4 Å². The second kappa shape index (κ2) is 10.2. The van der Waals surface area contributed by atoms with Crippen LogP contribution in [0.3, 0.4) is 0 Å². The number of rotatable bonds is 6. The molecule has 37 heavy (non-hydrogen) atoms. The van der Waals surface area contributed by atoms with E-state index in [1.54, 1.807) is 27.9 Å². The summed E-state index contributed by atoms with van der Waals surface area (Å²) in [4.78, 5) is 36.0. The van der Waals surface area contributed by atoms with Crippen molar-refractivity contribution in [3.63, 3.8) is 0 Å². The van der Waals surface area contributed by atoms with E-state index in [-0.39, 0.29) is 13.0 Å². The number of primary amides is 1. The van der Waals surface area contributed by atoms with Gasteiger partial charge in [-0.05, 0) is 45.7 Å². The van der Waals surface area contributed by atoms with Gasteiger partial charge in [-0.2, -0.15) is 0 Å². The highest BCUT2D eigenvalue weighted by Crippen LogP contribution is 2.37. The highest BCUT2D eigenvalue weighted by atomic mass is 32.1. The van der Waals surface area contributed by atoms with Gasteiger partial charge in [0, 0.05) is 28.8 Å². The van der Waals surface area contributed by atoms with Crippen molar-refractivity contribution in [3.05, 3.63) is 34.8 Å². The number of nitrogens with two attached hydrogens (primary N) is 1. The summed E-state index contributed by atoms with van der Waals surface area (Å²) < 4.78 is 17.5. The average molecular weight is 527 g/mol. The first kappa shape index (κ1) is 26.7. The molecular weight excluding hydrogens is 492 g/mol. The van der Waals surface area contributed by atoms with E-state index in [2.05, 4.69) is 13.8 Å². The summed E-state index contributed by atoms with van der Waals surface area (Å²) in [6, 6.07) is 4.83. The van der Waals surface area contributed by atoms with Crippen molar-refractivity contribution in [1.29, 1.82) is 0 Å². The number of ether oxygens (including phenoxy) is 3. The van der Waals surface area contributed by atoms with E-state index in [0.717, 1.165) is 32.9 Å². The number of aromatic nitrogens is 2. The van der Waals surface area contributed by atoms with E-state index in [1.807, 2.05) is 30.5 Å². The number of carbonyl (C=O) groups is 2. The molecule has 9 nitrogen and oxygen atoms in total. The highest BCUT2D eigenvalue weighted by molar-refractivity contribution is 7.13. The lowest BCUT2D eigenvalue weighted by molar-refractivity contribution is -0.122. The van der Waals surface area contributed by atoms with E-state index in [4.69, 9.17) is 29.9 Å². The van der Waals surface area contributed by atoms with Gasteiger partial charge in [0.15, 0.2) is 0 Å². The smallest absolute Gasteiger partial charge is 0.411 e. The molecule has 0 unspecified atom stereocenters. The summed E-state index contributed by atoms with van der Waals surface area (Å²) in [6.07, 6.45) is -0.793. The molecule has 198 valence electrons. The number of hydrogen-bond donors (Lipinski definition) is 1. The zero-order chi connectivity index (χ0) is 27.1. The minimum atomic E-state index is -0.818. The molecule has 0 spiro atoms. The van der Waals surface area contributed by atoms with Gasteiger partial charge in [-0.1, -0.05) is 13.8 Å². The van der Waals surface area contributed by atoms with Crippen molar-refractivity contribution in [2.24, 2.45) is 5.73 Å². The summed E-state index contributed by atoms with van der Waals surface area (Å²) in [7, 11) is 1.62. The number of aryl methyl sites for hydroxylation is 1. The fraction of sp³-hybridized carbons (Fsp3) is 0.481. The lowest BCUT2D eigenvalue weighted by Crippen LogP contribution is -2.45. The number of pyridine rings is 1. The maximum atomic E-state index is 12.8. The van der Waals surface area contributed by atoms with Crippen molar-refractivity contribution in [2.75, 3.05) is 13.7 Å². The topological polar surface area (TPSA) is 117 Å². The van der Waals surface area contributed by atoms with Crippen LogP contribution in [0.25, 0.3) is 21.6 Å². The van der Waals surface area contributed by atoms with Gasteiger partial charge >= 0.3 is 6.09 Å². The zero-order valence-electron chi connectivity index (χ0n) is 22.3. The summed E-state index contributed by atoms with van der Waals surface area (Å²) in [5.74, 6) is 1.01. The Kier molecular flexibility index (Phi) is 7.32. The Morgan fingerprint density at radius 2 is 1.92 bits per heavy atom. The molecule has 0 bridgehead atoms. The van der Waals surface area contributed by atoms with Crippen LogP contribution < -0.4 is 15.2 Å². The maximum Gasteiger partial charge on any atom is 0.411 e. The van der Waals surface area contributed by atoms with Crippen molar-refractivity contribution in [1.82, 2.24) is 14.9 Å². The lowest BCUT2D eigenvalue weighted by atomic mass is 10.1. The molecule has 1 fully saturated rings. The fourth-order valence-corrected chi connectivity index (χ4v) is 5.27. The van der Waals surface area contributed by atoms with Crippen LogP contribution in [-0.2, 0) is 9.53 Å². The molecule has 3 heterocycles. The molecule has 1 aromatic carbocycles. The van der Waals surface area contributed by atoms with Crippen LogP contribution in [0.4, 0.5) is 4.79 Å². The molecule has 0 aliphatic carbocycles. The van der Waals surface area contributed by atoms with Crippen molar-refractivity contribution in [2.45, 2.75) is 71.6 Å². The monoisotopic (exact) mass is 526 g/mol. The van der Waals surface area contributed by atoms with E-state index >= 15 is 0 Å². The van der Waals surface area contributed by atoms with E-state index in [1.165, 1.54) is 16.2 Å². The van der Waals surface area contributed by atoms with Crippen molar-refractivity contribution >= 4 is 34.2 Å². The van der Waals surface area contributed by atoms with Crippen LogP contribution >= 0.6 is 11.3 Å². The Bertz CT molecular complexity index is 1330. The molecule has 3 aromatic rings. The molecule has 2 atom stereocenters. The third-order valence-electron chi connectivity index (χ3n) is 6.21. The number of likely N-dealkylation sites (tertiary alicyclic amines) is 1. The summed E-state index contributed by atoms with van der Waals surface area (Å²) in [5.41, 5.74) is 8.24. The third-order valence-corrected chi connectivity index (χ3v) is 7.10. The van der Waals surface area contributed by atoms with E-state index < -0.39 is 29.7 Å². The molecular formula is C27H34N4O5S. The molecule has 2 N–H and O–H groups in total. The van der Waals surface area contributed by atoms with Gasteiger partial charge in [-0.25, -0.2) is 14.8 Å². The summed E-state index contributed by atoms with van der Waals surface area (Å²) in [5, 5.41) is 3.63. The van der Waals surface area contributed by atoms with Gasteiger partial charge in [0.2, 0.25) is 5.91 Å². The minimum absolute atomic E-state index is 0.172. The number of fused-ring (bicyclic) bond motifs is 1. The van der Waals surface area contributed by atoms with Crippen LogP contribution in [0.2, 0.25) is 0 Å². The van der Waals surface area contributed by atoms with Crippen LogP contribution in [0.5, 0.6) is 11.5 Å². The second-order valence-electron chi connectivity index (χ2n) is 10.6. The number of methoxy groups -OCH3 is 1. The summed E-state index contributed by atoms with van der Waals surface area (Å²) in [6.45, 7) is 11.7. The quantitative estimate of drug-likeness (QED) is 0.478. The first-order valence-electron chi connectivity index (χ1n) is 12.3. The third kappa shape index (κ3) is 5.64. The maximum absolute atomic E-state index is 12.8. The molecule has 10 heteroatoms. The zero-order valence-corrected chi connectivity index (χ0v) is 23.1. The predicted molar refractivity (Wildman–Crippen MR) is 143 cm³/mol. The van der Waals surface area contributed by atoms with Gasteiger partial charge < -0.3 is 19.9 Å². The van der Waals surface area contributed by atoms with Gasteiger partial charge in [-0.15, -0.1) is 11.3 Å². The Labute approximate surface area is 220 Å². The molecule has 1 saturated heterocycles. The Morgan fingerprint density at radius 1 is 1.19 bits per heavy atom. The number of hydrogen-bond acceptors (Lipinski definition) is 8. The lowest BCUT2D eigenvalue weighted by Gasteiger charge is -2.27. The van der Waals surface area contributed by atoms with Crippen LogP contribution in [0.15, 0.2) is 23.6 Å². The first-order valence-corrected chi connectivity index (χ1v) is 13.2. The standard InChI is InChI=1S/C27H34N4O5S/c1-14(2)19-13-37-25(30-19)18-11-22(17-8-9-21(34-7)15(3)23(17)29-18)35-16-10-20(24(28)32)31(12-16)26(33)36-27(4,5)6/h8-9,11,13-14,16,20H,10,12H2,1-7H3,(H2,28,32)/t16-,20+/m1/s1. The SMILES string of the molecule is COc1ccc2c(O[C@@H]3C[C@@H](C(N)=O)N(C(=O)OC(C)(C)C)C3)cc(-c3nc(C(C)C)cs3)nc2c1C. The second-order valence-corrected chi connectivity index (χ2v) is 11.4. The molecule has 0 radical (unpaired) electrons. The number of benzene rings is 1. The number of carbonyl (C=O) groups excluding carboxylic acids is 2. The highest BCUT2D eigenvalue weighted by Gasteiger charge is 2.42. The molecule has 0 saturated carbocycles. The van der Waals surface area contributed by atoms with Crippen LogP contribution in [-0.4, -0.2) is 58.3 Å². The van der Waals surface area contributed by atoms with Crippen LogP contribution in [0.1, 0.15) is 58.2 Å². The number of thiazole rings is 1. The van der Waals surface area contributed by atoms with Crippen molar-refractivity contribution < 1.29 is 23.8 Å². The number of nitrogens with zero attached hydrogens (tertiary/aromatic N) is 3. The van der Waals surface area contributed by atoms with Gasteiger partial charge in [-0.3, -0.25) is 9.69 Å². The number of amides is 2. The van der Waals surface area contributed by atoms with Gasteiger partial charge in [0.05, 0.1) is 24.9 Å². The predicted octanol–water partition coefficient (Wildman–Crippen LogP) is 5.04. The van der Waals surface area contributed by atoms with E-state index in [9.17, 15) is 9.59 Å². The molecule has 1 aliphatic heterocycles. The van der Waals surface area contributed by atoms with Crippen LogP contribution in [0, 0.1) is 6.92 Å². The van der Waals surface area contributed by atoms with Gasteiger partial charge in [0.1, 0.15) is 39.9 Å². The fourth-order valence-electron chi connectivity index (χ4n) is 4.33. The Morgan fingerprint density at radius 3 is 2.51 bits per heavy atom. The summed E-state index contributed by atoms with van der Waals surface area (Å²) >= 11 is 1.53. The first-order chi connectivity index (χ1) is 17.4. The van der Waals surface area contributed by atoms with Gasteiger partial charge in [0.25, 0.3) is 0 Å². The molecule has 1 aliphatic rings. The molecule has 4 rings (SSSR count). The largest absolute Gasteiger partial charge is 0.496 e. The minimum Gasteiger partial charge on any atom is -0.496 e. The normalized spacial score (nSPS) is 17.9. The average Bonchev–Trinajstić information content (AvgIpc) is 3.46. The van der Waals surface area contributed by atoms with Crippen molar-refractivity contribution in [3.8, 4) is 22.2 Å². The Balaban J connectivity index is 1.73. The Hall–Kier alpha value is -3.40. The molecule has 2 amide bonds.